The van der Waals surface area contributed by atoms with Crippen molar-refractivity contribution in [2.24, 2.45) is 5.73 Å². The minimum Gasteiger partial charge on any atom is -0.392 e. The molecule has 0 spiro atoms. The second kappa shape index (κ2) is 7.17. The Morgan fingerprint density at radius 1 is 1.29 bits per heavy atom. The van der Waals surface area contributed by atoms with Crippen LogP contribution in [0.15, 0.2) is 11.3 Å². The lowest BCUT2D eigenvalue weighted by Gasteiger charge is -2.28. The maximum absolute atomic E-state index is 5.77. The first kappa shape index (κ1) is 13.8. The van der Waals surface area contributed by atoms with E-state index in [1.807, 2.05) is 20.8 Å². The zero-order valence-corrected chi connectivity index (χ0v) is 10.8. The Morgan fingerprint density at radius 3 is 2.07 bits per heavy atom. The first-order valence-corrected chi connectivity index (χ1v) is 7.59. The number of hydrogen-bond donors (Lipinski definition) is 1. The average Bonchev–Trinajstić information content (AvgIpc) is 2.14. The third-order valence-corrected chi connectivity index (χ3v) is 5.57. The van der Waals surface area contributed by atoms with Gasteiger partial charge < -0.3 is 14.6 Å². The van der Waals surface area contributed by atoms with Gasteiger partial charge in [-0.05, 0) is 45.5 Å². The molecule has 4 heteroatoms. The van der Waals surface area contributed by atoms with Crippen LogP contribution in [0, 0.1) is 0 Å². The molecule has 0 saturated carbocycles. The predicted molar refractivity (Wildman–Crippen MR) is 62.3 cm³/mol. The van der Waals surface area contributed by atoms with Crippen molar-refractivity contribution in [2.75, 3.05) is 19.8 Å². The molecule has 0 amide bonds. The van der Waals surface area contributed by atoms with Crippen LogP contribution < -0.4 is 5.73 Å². The highest BCUT2D eigenvalue weighted by Crippen LogP contribution is 2.20. The van der Waals surface area contributed by atoms with Crippen molar-refractivity contribution in [2.45, 2.75) is 33.7 Å². The molecule has 0 radical (unpaired) electrons. The lowest BCUT2D eigenvalue weighted by molar-refractivity contribution is 0.196. The Morgan fingerprint density at radius 2 is 1.79 bits per heavy atom. The SMILES string of the molecule is CC=C(CCN)[Si](C)(OCC)OCC. The van der Waals surface area contributed by atoms with Gasteiger partial charge in [-0.1, -0.05) is 6.08 Å². The molecule has 14 heavy (non-hydrogen) atoms. The molecule has 0 saturated heterocycles. The van der Waals surface area contributed by atoms with E-state index >= 15 is 0 Å². The first-order valence-electron chi connectivity index (χ1n) is 5.28. The van der Waals surface area contributed by atoms with Crippen LogP contribution in [0.3, 0.4) is 0 Å². The summed E-state index contributed by atoms with van der Waals surface area (Å²) in [6.45, 7) is 10.2. The Hall–Kier alpha value is -0.163. The summed E-state index contributed by atoms with van der Waals surface area (Å²) in [6.07, 6.45) is 2.96. The van der Waals surface area contributed by atoms with Gasteiger partial charge in [-0.3, -0.25) is 0 Å². The molecule has 0 aliphatic carbocycles. The molecule has 0 aliphatic rings. The minimum absolute atomic E-state index is 0.655. The highest BCUT2D eigenvalue weighted by molar-refractivity contribution is 6.73. The molecule has 0 aromatic heterocycles. The summed E-state index contributed by atoms with van der Waals surface area (Å²) in [4.78, 5) is 0. The molecule has 3 nitrogen and oxygen atoms in total. The van der Waals surface area contributed by atoms with Crippen LogP contribution in [0.4, 0.5) is 0 Å². The molecular formula is C10H23NO2Si. The van der Waals surface area contributed by atoms with Gasteiger partial charge in [0, 0.05) is 13.2 Å². The highest BCUT2D eigenvalue weighted by atomic mass is 28.4. The van der Waals surface area contributed by atoms with Crippen molar-refractivity contribution in [3.05, 3.63) is 11.3 Å². The maximum Gasteiger partial charge on any atom is 0.364 e. The quantitative estimate of drug-likeness (QED) is 0.663. The predicted octanol–water partition coefficient (Wildman–Crippen LogP) is 1.97. The van der Waals surface area contributed by atoms with Crippen LogP contribution in [0.1, 0.15) is 27.2 Å². The van der Waals surface area contributed by atoms with Crippen molar-refractivity contribution >= 4 is 8.56 Å². The largest absolute Gasteiger partial charge is 0.392 e. The maximum atomic E-state index is 5.77. The summed E-state index contributed by atoms with van der Waals surface area (Å²) in [5, 5.41) is 1.25. The molecule has 0 heterocycles. The van der Waals surface area contributed by atoms with Gasteiger partial charge in [-0.15, -0.1) is 0 Å². The van der Waals surface area contributed by atoms with Crippen LogP contribution in [0.25, 0.3) is 0 Å². The van der Waals surface area contributed by atoms with Crippen LogP contribution in [-0.2, 0) is 8.85 Å². The Bertz CT molecular complexity index is 177. The van der Waals surface area contributed by atoms with Gasteiger partial charge in [0.15, 0.2) is 0 Å². The van der Waals surface area contributed by atoms with Gasteiger partial charge in [0.25, 0.3) is 0 Å². The molecule has 0 rings (SSSR count). The number of nitrogens with two attached hydrogens (primary N) is 1. The summed E-state index contributed by atoms with van der Waals surface area (Å²) >= 11 is 0. The first-order chi connectivity index (χ1) is 6.64. The number of allylic oxidation sites excluding steroid dienone is 1. The zero-order valence-electron chi connectivity index (χ0n) is 9.80. The van der Waals surface area contributed by atoms with Crippen molar-refractivity contribution in [1.29, 1.82) is 0 Å². The second-order valence-electron chi connectivity index (χ2n) is 3.16. The fourth-order valence-electron chi connectivity index (χ4n) is 1.57. The van der Waals surface area contributed by atoms with Gasteiger partial charge >= 0.3 is 8.56 Å². The van der Waals surface area contributed by atoms with E-state index in [9.17, 15) is 0 Å². The van der Waals surface area contributed by atoms with Crippen LogP contribution >= 0.6 is 0 Å². The smallest absolute Gasteiger partial charge is 0.364 e. The molecule has 84 valence electrons. The molecule has 0 aromatic carbocycles. The normalized spacial score (nSPS) is 13.4. The third kappa shape index (κ3) is 3.92. The molecule has 0 fully saturated rings. The topological polar surface area (TPSA) is 44.5 Å². The molecule has 0 atom stereocenters. The fraction of sp³-hybridized carbons (Fsp3) is 0.800. The van der Waals surface area contributed by atoms with Crippen molar-refractivity contribution in [1.82, 2.24) is 0 Å². The Kier molecular flexibility index (Phi) is 7.09. The summed E-state index contributed by atoms with van der Waals surface area (Å²) < 4.78 is 11.5. The summed E-state index contributed by atoms with van der Waals surface area (Å²) in [6, 6.07) is 0. The third-order valence-electron chi connectivity index (χ3n) is 2.18. The van der Waals surface area contributed by atoms with Crippen molar-refractivity contribution in [3.63, 3.8) is 0 Å². The van der Waals surface area contributed by atoms with E-state index < -0.39 is 8.56 Å². The van der Waals surface area contributed by atoms with Gasteiger partial charge in [0.05, 0.1) is 0 Å². The summed E-state index contributed by atoms with van der Waals surface area (Å²) in [5.41, 5.74) is 5.56. The highest BCUT2D eigenvalue weighted by Gasteiger charge is 2.34. The molecule has 2 N–H and O–H groups in total. The van der Waals surface area contributed by atoms with E-state index in [2.05, 4.69) is 12.6 Å². The Balaban J connectivity index is 4.58. The molecule has 0 unspecified atom stereocenters. The molecule has 0 aliphatic heterocycles. The number of rotatable bonds is 7. The van der Waals surface area contributed by atoms with E-state index in [4.69, 9.17) is 14.6 Å². The van der Waals surface area contributed by atoms with E-state index in [0.29, 0.717) is 19.8 Å². The van der Waals surface area contributed by atoms with Gasteiger partial charge in [0.1, 0.15) is 0 Å². The zero-order chi connectivity index (χ0) is 11.0. The standard InChI is InChI=1S/C10H23NO2Si/c1-5-10(8-9-11)14(4,12-6-2)13-7-3/h5H,6-9,11H2,1-4H3. The van der Waals surface area contributed by atoms with Gasteiger partial charge in [-0.25, -0.2) is 0 Å². The second-order valence-corrected chi connectivity index (χ2v) is 6.28. The van der Waals surface area contributed by atoms with E-state index in [1.165, 1.54) is 5.20 Å². The van der Waals surface area contributed by atoms with Crippen molar-refractivity contribution in [3.8, 4) is 0 Å². The summed E-state index contributed by atoms with van der Waals surface area (Å²) in [5.74, 6) is 0. The Labute approximate surface area is 88.5 Å². The molecule has 0 aromatic rings. The van der Waals surface area contributed by atoms with Gasteiger partial charge in [-0.2, -0.15) is 0 Å². The van der Waals surface area contributed by atoms with Crippen LogP contribution in [0.2, 0.25) is 6.55 Å². The number of hydrogen-bond acceptors (Lipinski definition) is 3. The fourth-order valence-corrected chi connectivity index (χ4v) is 4.25. The lowest BCUT2D eigenvalue weighted by Crippen LogP contribution is -2.42. The molecule has 0 bridgehead atoms. The molecular weight excluding hydrogens is 194 g/mol. The van der Waals surface area contributed by atoms with Crippen molar-refractivity contribution < 1.29 is 8.85 Å². The monoisotopic (exact) mass is 217 g/mol. The van der Waals surface area contributed by atoms with Crippen LogP contribution in [0.5, 0.6) is 0 Å². The van der Waals surface area contributed by atoms with E-state index in [-0.39, 0.29) is 0 Å². The van der Waals surface area contributed by atoms with E-state index in [0.717, 1.165) is 6.42 Å². The minimum atomic E-state index is -2.12. The van der Waals surface area contributed by atoms with E-state index in [1.54, 1.807) is 0 Å². The van der Waals surface area contributed by atoms with Gasteiger partial charge in [0.2, 0.25) is 0 Å². The summed E-state index contributed by atoms with van der Waals surface area (Å²) in [7, 11) is -2.12. The van der Waals surface area contributed by atoms with Crippen LogP contribution in [-0.4, -0.2) is 28.3 Å². The average molecular weight is 217 g/mol. The lowest BCUT2D eigenvalue weighted by atomic mass is 10.4.